The fourth-order valence-corrected chi connectivity index (χ4v) is 3.18. The number of carbonyl (C=O) groups excluding carboxylic acids is 2. The molecule has 124 valence electrons. The zero-order valence-electron chi connectivity index (χ0n) is 13.9. The van der Waals surface area contributed by atoms with E-state index in [2.05, 4.69) is 12.2 Å². The summed E-state index contributed by atoms with van der Waals surface area (Å²) >= 11 is 0. The SMILES string of the molecule is C[C@@H](C1CC1)N(C)C(=O)N[C@H]1CCN(C(=O)c2ccccc2)C1. The second kappa shape index (κ2) is 6.60. The summed E-state index contributed by atoms with van der Waals surface area (Å²) in [6.07, 6.45) is 3.26. The van der Waals surface area contributed by atoms with Crippen LogP contribution in [0.2, 0.25) is 0 Å². The summed E-state index contributed by atoms with van der Waals surface area (Å²) in [5.41, 5.74) is 0.707. The average Bonchev–Trinajstić information content (AvgIpc) is 3.33. The normalized spacial score (nSPS) is 21.8. The van der Waals surface area contributed by atoms with Crippen LogP contribution in [0.25, 0.3) is 0 Å². The van der Waals surface area contributed by atoms with Gasteiger partial charge in [-0.15, -0.1) is 0 Å². The van der Waals surface area contributed by atoms with Crippen molar-refractivity contribution in [3.63, 3.8) is 0 Å². The summed E-state index contributed by atoms with van der Waals surface area (Å²) < 4.78 is 0. The molecular formula is C18H25N3O2. The van der Waals surface area contributed by atoms with E-state index >= 15 is 0 Å². The van der Waals surface area contributed by atoms with Crippen molar-refractivity contribution in [1.29, 1.82) is 0 Å². The molecule has 5 heteroatoms. The number of nitrogens with one attached hydrogen (secondary N) is 1. The van der Waals surface area contributed by atoms with E-state index in [0.29, 0.717) is 30.6 Å². The standard InChI is InChI=1S/C18H25N3O2/c1-13(14-8-9-14)20(2)18(23)19-16-10-11-21(12-16)17(22)15-6-4-3-5-7-15/h3-7,13-14,16H,8-12H2,1-2H3,(H,19,23)/t13-,16-/m0/s1. The Morgan fingerprint density at radius 3 is 2.57 bits per heavy atom. The smallest absolute Gasteiger partial charge is 0.317 e. The molecule has 23 heavy (non-hydrogen) atoms. The number of hydrogen-bond acceptors (Lipinski definition) is 2. The van der Waals surface area contributed by atoms with Crippen LogP contribution in [-0.4, -0.2) is 54.0 Å². The van der Waals surface area contributed by atoms with Gasteiger partial charge in [0.1, 0.15) is 0 Å². The summed E-state index contributed by atoms with van der Waals surface area (Å²) in [5, 5.41) is 3.07. The Kier molecular flexibility index (Phi) is 4.55. The van der Waals surface area contributed by atoms with E-state index in [-0.39, 0.29) is 18.0 Å². The van der Waals surface area contributed by atoms with Crippen LogP contribution >= 0.6 is 0 Å². The van der Waals surface area contributed by atoms with Crippen LogP contribution < -0.4 is 5.32 Å². The Bertz CT molecular complexity index is 571. The number of rotatable bonds is 4. The molecule has 1 aromatic rings. The Balaban J connectivity index is 1.51. The molecule has 2 fully saturated rings. The summed E-state index contributed by atoms with van der Waals surface area (Å²) in [6, 6.07) is 9.62. The van der Waals surface area contributed by atoms with Gasteiger partial charge in [-0.2, -0.15) is 0 Å². The van der Waals surface area contributed by atoms with Gasteiger partial charge < -0.3 is 15.1 Å². The van der Waals surface area contributed by atoms with Crippen molar-refractivity contribution in [2.45, 2.75) is 38.3 Å². The topological polar surface area (TPSA) is 52.7 Å². The first kappa shape index (κ1) is 15.8. The van der Waals surface area contributed by atoms with Gasteiger partial charge in [0, 0.05) is 37.8 Å². The lowest BCUT2D eigenvalue weighted by Gasteiger charge is -2.27. The highest BCUT2D eigenvalue weighted by molar-refractivity contribution is 5.94. The van der Waals surface area contributed by atoms with E-state index in [1.807, 2.05) is 42.3 Å². The number of benzene rings is 1. The predicted molar refractivity (Wildman–Crippen MR) is 89.2 cm³/mol. The molecule has 0 radical (unpaired) electrons. The summed E-state index contributed by atoms with van der Waals surface area (Å²) in [4.78, 5) is 28.4. The number of urea groups is 1. The molecule has 1 aliphatic carbocycles. The molecular weight excluding hydrogens is 290 g/mol. The highest BCUT2D eigenvalue weighted by Crippen LogP contribution is 2.34. The van der Waals surface area contributed by atoms with Gasteiger partial charge in [0.2, 0.25) is 0 Å². The van der Waals surface area contributed by atoms with E-state index in [9.17, 15) is 9.59 Å². The molecule has 3 amide bonds. The molecule has 1 N–H and O–H groups in total. The molecule has 1 saturated heterocycles. The average molecular weight is 315 g/mol. The highest BCUT2D eigenvalue weighted by atomic mass is 16.2. The first-order chi connectivity index (χ1) is 11.1. The van der Waals surface area contributed by atoms with Crippen LogP contribution in [0.5, 0.6) is 0 Å². The molecule has 1 heterocycles. The minimum absolute atomic E-state index is 0.0246. The van der Waals surface area contributed by atoms with Crippen LogP contribution in [0.4, 0.5) is 4.79 Å². The van der Waals surface area contributed by atoms with E-state index in [4.69, 9.17) is 0 Å². The van der Waals surface area contributed by atoms with Crippen LogP contribution in [0.3, 0.4) is 0 Å². The van der Waals surface area contributed by atoms with Crippen molar-refractivity contribution in [1.82, 2.24) is 15.1 Å². The Morgan fingerprint density at radius 2 is 1.91 bits per heavy atom. The van der Waals surface area contributed by atoms with Gasteiger partial charge in [0.25, 0.3) is 5.91 Å². The van der Waals surface area contributed by atoms with E-state index in [1.54, 1.807) is 4.90 Å². The largest absolute Gasteiger partial charge is 0.337 e. The summed E-state index contributed by atoms with van der Waals surface area (Å²) in [5.74, 6) is 0.701. The quantitative estimate of drug-likeness (QED) is 0.927. The zero-order chi connectivity index (χ0) is 16.4. The summed E-state index contributed by atoms with van der Waals surface area (Å²) in [6.45, 7) is 3.39. The number of nitrogens with zero attached hydrogens (tertiary/aromatic N) is 2. The first-order valence-corrected chi connectivity index (χ1v) is 8.44. The van der Waals surface area contributed by atoms with Crippen molar-refractivity contribution >= 4 is 11.9 Å². The van der Waals surface area contributed by atoms with Gasteiger partial charge in [0.05, 0.1) is 0 Å². The molecule has 3 rings (SSSR count). The van der Waals surface area contributed by atoms with Gasteiger partial charge >= 0.3 is 6.03 Å². The lowest BCUT2D eigenvalue weighted by molar-refractivity contribution is 0.0788. The van der Waals surface area contributed by atoms with Gasteiger partial charge in [-0.05, 0) is 44.2 Å². The molecule has 0 bridgehead atoms. The van der Waals surface area contributed by atoms with Gasteiger partial charge in [-0.1, -0.05) is 18.2 Å². The van der Waals surface area contributed by atoms with Crippen LogP contribution in [0, 0.1) is 5.92 Å². The summed E-state index contributed by atoms with van der Waals surface area (Å²) in [7, 11) is 1.86. The number of carbonyl (C=O) groups is 2. The molecule has 1 saturated carbocycles. The third kappa shape index (κ3) is 3.66. The third-order valence-electron chi connectivity index (χ3n) is 5.06. The highest BCUT2D eigenvalue weighted by Gasteiger charge is 2.34. The lowest BCUT2D eigenvalue weighted by Crippen LogP contribution is -2.48. The lowest BCUT2D eigenvalue weighted by atomic mass is 10.2. The van der Waals surface area contributed by atoms with Crippen molar-refractivity contribution in [3.05, 3.63) is 35.9 Å². The van der Waals surface area contributed by atoms with Gasteiger partial charge in [0.15, 0.2) is 0 Å². The Morgan fingerprint density at radius 1 is 1.22 bits per heavy atom. The fourth-order valence-electron chi connectivity index (χ4n) is 3.18. The van der Waals surface area contributed by atoms with E-state index in [1.165, 1.54) is 12.8 Å². The number of hydrogen-bond donors (Lipinski definition) is 1. The first-order valence-electron chi connectivity index (χ1n) is 8.44. The maximum atomic E-state index is 12.4. The number of amides is 3. The molecule has 0 spiro atoms. The minimum Gasteiger partial charge on any atom is -0.337 e. The second-order valence-corrected chi connectivity index (χ2v) is 6.74. The maximum absolute atomic E-state index is 12.4. The Labute approximate surface area is 137 Å². The molecule has 0 unspecified atom stereocenters. The maximum Gasteiger partial charge on any atom is 0.317 e. The Hall–Kier alpha value is -2.04. The van der Waals surface area contributed by atoms with E-state index < -0.39 is 0 Å². The van der Waals surface area contributed by atoms with Crippen LogP contribution in [-0.2, 0) is 0 Å². The minimum atomic E-state index is -0.0246. The predicted octanol–water partition coefficient (Wildman–Crippen LogP) is 2.34. The molecule has 2 aliphatic rings. The van der Waals surface area contributed by atoms with Crippen molar-refractivity contribution in [2.75, 3.05) is 20.1 Å². The molecule has 0 aromatic heterocycles. The van der Waals surface area contributed by atoms with Gasteiger partial charge in [-0.25, -0.2) is 4.79 Å². The molecule has 1 aromatic carbocycles. The third-order valence-corrected chi connectivity index (χ3v) is 5.06. The fraction of sp³-hybridized carbons (Fsp3) is 0.556. The van der Waals surface area contributed by atoms with Crippen LogP contribution in [0.1, 0.15) is 36.5 Å². The van der Waals surface area contributed by atoms with Crippen LogP contribution in [0.15, 0.2) is 30.3 Å². The second-order valence-electron chi connectivity index (χ2n) is 6.74. The van der Waals surface area contributed by atoms with Crippen molar-refractivity contribution in [3.8, 4) is 0 Å². The molecule has 5 nitrogen and oxygen atoms in total. The zero-order valence-corrected chi connectivity index (χ0v) is 13.9. The van der Waals surface area contributed by atoms with Crippen molar-refractivity contribution in [2.24, 2.45) is 5.92 Å². The van der Waals surface area contributed by atoms with E-state index in [0.717, 1.165) is 6.42 Å². The number of likely N-dealkylation sites (tertiary alicyclic amines) is 1. The molecule has 2 atom stereocenters. The molecule has 1 aliphatic heterocycles. The van der Waals surface area contributed by atoms with Crippen molar-refractivity contribution < 1.29 is 9.59 Å². The monoisotopic (exact) mass is 315 g/mol. The van der Waals surface area contributed by atoms with Gasteiger partial charge in [-0.3, -0.25) is 4.79 Å².